The van der Waals surface area contributed by atoms with E-state index in [0.29, 0.717) is 5.56 Å². The number of nitrogens with two attached hydrogens (primary N) is 1. The fourth-order valence-corrected chi connectivity index (χ4v) is 1.20. The Morgan fingerprint density at radius 2 is 1.61 bits per heavy atom. The summed E-state index contributed by atoms with van der Waals surface area (Å²) in [6.07, 6.45) is 2.64. The van der Waals surface area contributed by atoms with Gasteiger partial charge in [-0.1, -0.05) is 32.8 Å². The van der Waals surface area contributed by atoms with E-state index >= 15 is 0 Å². The van der Waals surface area contributed by atoms with E-state index in [-0.39, 0.29) is 16.8 Å². The second-order valence-electron chi connectivity index (χ2n) is 3.83. The second kappa shape index (κ2) is 7.32. The van der Waals surface area contributed by atoms with Crippen LogP contribution in [0, 0.1) is 6.92 Å². The summed E-state index contributed by atoms with van der Waals surface area (Å²) in [5.41, 5.74) is 5.33. The molecule has 0 aliphatic rings. The van der Waals surface area contributed by atoms with Crippen molar-refractivity contribution in [3.8, 4) is 0 Å². The van der Waals surface area contributed by atoms with Crippen LogP contribution in [0.4, 0.5) is 5.69 Å². The fourth-order valence-electron chi connectivity index (χ4n) is 1.20. The van der Waals surface area contributed by atoms with Crippen LogP contribution < -0.4 is 5.73 Å². The Kier molecular flexibility index (Phi) is 6.49. The molecule has 0 heterocycles. The van der Waals surface area contributed by atoms with Gasteiger partial charge < -0.3 is 15.9 Å². The van der Waals surface area contributed by atoms with Crippen molar-refractivity contribution in [2.45, 2.75) is 33.6 Å². The number of hydrogen-bond acceptors (Lipinski definition) is 3. The molecule has 0 saturated heterocycles. The highest BCUT2D eigenvalue weighted by molar-refractivity contribution is 6.03. The van der Waals surface area contributed by atoms with Gasteiger partial charge in [-0.3, -0.25) is 0 Å². The monoisotopic (exact) mass is 253 g/mol. The number of aryl methyl sites for hydroxylation is 1. The van der Waals surface area contributed by atoms with Gasteiger partial charge in [-0.2, -0.15) is 0 Å². The van der Waals surface area contributed by atoms with Crippen LogP contribution in [0.3, 0.4) is 0 Å². The van der Waals surface area contributed by atoms with Crippen LogP contribution in [0.15, 0.2) is 12.1 Å². The zero-order chi connectivity index (χ0) is 14.3. The highest BCUT2D eigenvalue weighted by atomic mass is 16.4. The van der Waals surface area contributed by atoms with Crippen LogP contribution in [0.2, 0.25) is 0 Å². The summed E-state index contributed by atoms with van der Waals surface area (Å²) >= 11 is 0. The molecule has 0 aromatic heterocycles. The summed E-state index contributed by atoms with van der Waals surface area (Å²) in [6.45, 7) is 5.92. The molecule has 4 N–H and O–H groups in total. The quantitative estimate of drug-likeness (QED) is 0.719. The molecule has 0 saturated carbocycles. The van der Waals surface area contributed by atoms with E-state index in [0.717, 1.165) is 0 Å². The average Bonchev–Trinajstić information content (AvgIpc) is 2.28. The SMILES string of the molecule is CCCC.Cc1ccc(C(=O)O)c(N)c1C(=O)O. The van der Waals surface area contributed by atoms with Crippen molar-refractivity contribution in [2.24, 2.45) is 0 Å². The van der Waals surface area contributed by atoms with Crippen LogP contribution in [-0.2, 0) is 0 Å². The average molecular weight is 253 g/mol. The maximum Gasteiger partial charge on any atom is 0.338 e. The third-order valence-corrected chi connectivity index (χ3v) is 2.40. The van der Waals surface area contributed by atoms with Gasteiger partial charge in [0.1, 0.15) is 0 Å². The summed E-state index contributed by atoms with van der Waals surface area (Å²) in [7, 11) is 0. The highest BCUT2D eigenvalue weighted by Crippen LogP contribution is 2.21. The normalized spacial score (nSPS) is 9.28. The van der Waals surface area contributed by atoms with E-state index in [4.69, 9.17) is 15.9 Å². The lowest BCUT2D eigenvalue weighted by Crippen LogP contribution is -2.10. The predicted molar refractivity (Wildman–Crippen MR) is 70.1 cm³/mol. The van der Waals surface area contributed by atoms with Crippen LogP contribution in [-0.4, -0.2) is 22.2 Å². The van der Waals surface area contributed by atoms with Crippen molar-refractivity contribution in [2.75, 3.05) is 5.73 Å². The lowest BCUT2D eigenvalue weighted by Gasteiger charge is -2.07. The molecule has 1 rings (SSSR count). The Morgan fingerprint density at radius 1 is 1.11 bits per heavy atom. The molecule has 0 amide bonds. The summed E-state index contributed by atoms with van der Waals surface area (Å²) in [5.74, 6) is -2.45. The smallest absolute Gasteiger partial charge is 0.338 e. The number of hydrogen-bond donors (Lipinski definition) is 3. The molecule has 0 bridgehead atoms. The minimum Gasteiger partial charge on any atom is -0.478 e. The zero-order valence-corrected chi connectivity index (χ0v) is 10.9. The topological polar surface area (TPSA) is 101 Å². The maximum atomic E-state index is 10.7. The summed E-state index contributed by atoms with van der Waals surface area (Å²) in [5, 5.41) is 17.5. The number of carboxylic acids is 2. The number of aromatic carboxylic acids is 2. The largest absolute Gasteiger partial charge is 0.478 e. The third kappa shape index (κ3) is 4.08. The summed E-state index contributed by atoms with van der Waals surface area (Å²) < 4.78 is 0. The maximum absolute atomic E-state index is 10.7. The van der Waals surface area contributed by atoms with Gasteiger partial charge in [0.05, 0.1) is 16.8 Å². The molecule has 0 aliphatic carbocycles. The Morgan fingerprint density at radius 3 is 1.94 bits per heavy atom. The molecule has 1 aromatic carbocycles. The highest BCUT2D eigenvalue weighted by Gasteiger charge is 2.17. The van der Waals surface area contributed by atoms with Crippen molar-refractivity contribution in [3.05, 3.63) is 28.8 Å². The molecule has 18 heavy (non-hydrogen) atoms. The number of nitrogen functional groups attached to an aromatic ring is 1. The summed E-state index contributed by atoms with van der Waals surface area (Å²) in [6, 6.07) is 2.71. The first-order valence-electron chi connectivity index (χ1n) is 5.72. The number of anilines is 1. The molecule has 5 heteroatoms. The standard InChI is InChI=1S/C9H9NO4.C4H10/c1-4-2-3-5(8(11)12)7(10)6(4)9(13)14;1-3-4-2/h2-3H,10H2,1H3,(H,11,12)(H,13,14);3-4H2,1-2H3. The van der Waals surface area contributed by atoms with Crippen molar-refractivity contribution >= 4 is 17.6 Å². The Labute approximate surface area is 106 Å². The second-order valence-corrected chi connectivity index (χ2v) is 3.83. The number of unbranched alkanes of at least 4 members (excludes halogenated alkanes) is 1. The molecule has 0 unspecified atom stereocenters. The molecule has 0 radical (unpaired) electrons. The molecular weight excluding hydrogens is 234 g/mol. The lowest BCUT2D eigenvalue weighted by molar-refractivity contribution is 0.0695. The van der Waals surface area contributed by atoms with E-state index in [2.05, 4.69) is 13.8 Å². The van der Waals surface area contributed by atoms with E-state index in [1.807, 2.05) is 0 Å². The molecule has 0 atom stereocenters. The van der Waals surface area contributed by atoms with Gasteiger partial charge in [0.15, 0.2) is 0 Å². The fraction of sp³-hybridized carbons (Fsp3) is 0.385. The van der Waals surface area contributed by atoms with E-state index in [1.165, 1.54) is 25.0 Å². The van der Waals surface area contributed by atoms with E-state index in [9.17, 15) is 9.59 Å². The van der Waals surface area contributed by atoms with Gasteiger partial charge in [0.25, 0.3) is 0 Å². The van der Waals surface area contributed by atoms with Crippen molar-refractivity contribution in [1.82, 2.24) is 0 Å². The lowest BCUT2D eigenvalue weighted by atomic mass is 10.0. The number of rotatable bonds is 3. The third-order valence-electron chi connectivity index (χ3n) is 2.40. The zero-order valence-electron chi connectivity index (χ0n) is 10.9. The van der Waals surface area contributed by atoms with Gasteiger partial charge >= 0.3 is 11.9 Å². The Hall–Kier alpha value is -2.04. The minimum absolute atomic E-state index is 0.148. The van der Waals surface area contributed by atoms with Crippen molar-refractivity contribution in [3.63, 3.8) is 0 Å². The Bertz CT molecular complexity index is 439. The van der Waals surface area contributed by atoms with Crippen molar-refractivity contribution < 1.29 is 19.8 Å². The number of benzene rings is 1. The molecule has 0 fully saturated rings. The number of carbonyl (C=O) groups is 2. The first-order valence-corrected chi connectivity index (χ1v) is 5.72. The van der Waals surface area contributed by atoms with Gasteiger partial charge in [-0.25, -0.2) is 9.59 Å². The molecule has 0 aliphatic heterocycles. The first-order chi connectivity index (χ1) is 8.36. The van der Waals surface area contributed by atoms with Crippen LogP contribution in [0.25, 0.3) is 0 Å². The number of carboxylic acid groups (broad SMARTS) is 2. The molecule has 0 spiro atoms. The first kappa shape index (κ1) is 16.0. The van der Waals surface area contributed by atoms with E-state index < -0.39 is 11.9 Å². The van der Waals surface area contributed by atoms with Gasteiger partial charge in [-0.15, -0.1) is 0 Å². The van der Waals surface area contributed by atoms with E-state index in [1.54, 1.807) is 6.92 Å². The molecule has 5 nitrogen and oxygen atoms in total. The van der Waals surface area contributed by atoms with Crippen LogP contribution >= 0.6 is 0 Å². The van der Waals surface area contributed by atoms with Gasteiger partial charge in [-0.05, 0) is 18.6 Å². The summed E-state index contributed by atoms with van der Waals surface area (Å²) in [4.78, 5) is 21.4. The van der Waals surface area contributed by atoms with Crippen molar-refractivity contribution in [1.29, 1.82) is 0 Å². The van der Waals surface area contributed by atoms with Gasteiger partial charge in [0.2, 0.25) is 0 Å². The van der Waals surface area contributed by atoms with Crippen LogP contribution in [0.1, 0.15) is 53.0 Å². The minimum atomic E-state index is -1.23. The van der Waals surface area contributed by atoms with Gasteiger partial charge in [0, 0.05) is 0 Å². The molecule has 1 aromatic rings. The van der Waals surface area contributed by atoms with Crippen LogP contribution in [0.5, 0.6) is 0 Å². The molecule has 100 valence electrons. The Balaban J connectivity index is 0.000000631. The molecular formula is C13H19NO4. The predicted octanol–water partition coefficient (Wildman–Crippen LogP) is 2.78.